The third-order valence-corrected chi connectivity index (χ3v) is 3.88. The Kier molecular flexibility index (Phi) is 4.22. The van der Waals surface area contributed by atoms with E-state index in [1.54, 1.807) is 20.9 Å². The van der Waals surface area contributed by atoms with Crippen molar-refractivity contribution in [2.24, 2.45) is 0 Å². The predicted octanol–water partition coefficient (Wildman–Crippen LogP) is 1.94. The van der Waals surface area contributed by atoms with E-state index in [1.807, 2.05) is 24.3 Å². The van der Waals surface area contributed by atoms with Crippen molar-refractivity contribution in [1.82, 2.24) is 4.90 Å². The minimum Gasteiger partial charge on any atom is -0.486 e. The van der Waals surface area contributed by atoms with Crippen LogP contribution in [-0.2, 0) is 14.3 Å². The van der Waals surface area contributed by atoms with Crippen molar-refractivity contribution in [3.63, 3.8) is 0 Å². The fourth-order valence-electron chi connectivity index (χ4n) is 2.81. The first-order chi connectivity index (χ1) is 11.3. The Balaban J connectivity index is 1.64. The fourth-order valence-corrected chi connectivity index (χ4v) is 2.81. The minimum absolute atomic E-state index is 0.0795. The molecule has 3 rings (SSSR count). The number of ketones is 1. The number of fused-ring (bicyclic) bond motifs is 1. The lowest BCUT2D eigenvalue weighted by molar-refractivity contribution is -0.138. The molecular formula is C18H21NO5. The molecule has 1 atom stereocenters. The summed E-state index contributed by atoms with van der Waals surface area (Å²) < 4.78 is 17.2. The smallest absolute Gasteiger partial charge is 0.288 e. The van der Waals surface area contributed by atoms with E-state index in [1.165, 1.54) is 11.0 Å². The molecule has 1 aromatic rings. The van der Waals surface area contributed by atoms with Crippen LogP contribution in [0.3, 0.4) is 0 Å². The second-order valence-corrected chi connectivity index (χ2v) is 6.70. The Hall–Kier alpha value is -2.50. The van der Waals surface area contributed by atoms with Crippen LogP contribution in [-0.4, -0.2) is 48.5 Å². The van der Waals surface area contributed by atoms with Crippen LogP contribution in [0.4, 0.5) is 0 Å². The lowest BCUT2D eigenvalue weighted by Crippen LogP contribution is -2.44. The van der Waals surface area contributed by atoms with E-state index in [4.69, 9.17) is 14.2 Å². The molecule has 6 nitrogen and oxygen atoms in total. The van der Waals surface area contributed by atoms with E-state index in [9.17, 15) is 9.59 Å². The second kappa shape index (κ2) is 6.19. The van der Waals surface area contributed by atoms with Crippen molar-refractivity contribution in [2.75, 3.05) is 20.2 Å². The predicted molar refractivity (Wildman–Crippen MR) is 86.9 cm³/mol. The maximum Gasteiger partial charge on any atom is 0.288 e. The highest BCUT2D eigenvalue weighted by atomic mass is 16.6. The molecule has 0 N–H and O–H groups in total. The molecule has 0 radical (unpaired) electrons. The van der Waals surface area contributed by atoms with Crippen molar-refractivity contribution in [2.45, 2.75) is 32.0 Å². The number of carbonyl (C=O) groups is 2. The first-order valence-electron chi connectivity index (χ1n) is 7.91. The summed E-state index contributed by atoms with van der Waals surface area (Å²) in [7, 11) is 1.66. The first kappa shape index (κ1) is 16.4. The van der Waals surface area contributed by atoms with Crippen molar-refractivity contribution in [1.29, 1.82) is 0 Å². The fraction of sp³-hybridized carbons (Fsp3) is 0.444. The van der Waals surface area contributed by atoms with Gasteiger partial charge in [-0.15, -0.1) is 0 Å². The Morgan fingerprint density at radius 3 is 2.71 bits per heavy atom. The van der Waals surface area contributed by atoms with Gasteiger partial charge in [0.1, 0.15) is 12.2 Å². The number of amides is 1. The van der Waals surface area contributed by atoms with Crippen LogP contribution >= 0.6 is 0 Å². The Morgan fingerprint density at radius 2 is 2.00 bits per heavy atom. The molecule has 0 saturated heterocycles. The van der Waals surface area contributed by atoms with Crippen molar-refractivity contribution >= 4 is 11.7 Å². The molecule has 24 heavy (non-hydrogen) atoms. The van der Waals surface area contributed by atoms with Crippen molar-refractivity contribution in [3.8, 4) is 11.5 Å². The molecule has 0 fully saturated rings. The molecule has 0 aromatic heterocycles. The number of ether oxygens (including phenoxy) is 3. The van der Waals surface area contributed by atoms with E-state index < -0.39 is 5.60 Å². The minimum atomic E-state index is -0.666. The Labute approximate surface area is 141 Å². The maximum absolute atomic E-state index is 12.5. The Bertz CT molecular complexity index is 694. The van der Waals surface area contributed by atoms with E-state index in [0.717, 1.165) is 0 Å². The Morgan fingerprint density at radius 1 is 1.29 bits per heavy atom. The summed E-state index contributed by atoms with van der Waals surface area (Å²) in [6.45, 7) is 4.28. The molecular weight excluding hydrogens is 310 g/mol. The number of rotatable bonds is 3. The number of likely N-dealkylation sites (N-methyl/N-ethyl adjacent to an activating group) is 1. The molecule has 128 valence electrons. The monoisotopic (exact) mass is 331 g/mol. The molecule has 0 aliphatic carbocycles. The van der Waals surface area contributed by atoms with Gasteiger partial charge in [-0.3, -0.25) is 9.59 Å². The van der Waals surface area contributed by atoms with Gasteiger partial charge in [0.05, 0.1) is 6.54 Å². The molecule has 1 amide bonds. The molecule has 2 aliphatic rings. The van der Waals surface area contributed by atoms with Gasteiger partial charge in [-0.1, -0.05) is 12.1 Å². The van der Waals surface area contributed by atoms with Gasteiger partial charge in [0.15, 0.2) is 29.1 Å². The topological polar surface area (TPSA) is 65.1 Å². The number of para-hydroxylation sites is 2. The van der Waals surface area contributed by atoms with Gasteiger partial charge >= 0.3 is 0 Å². The number of nitrogens with zero attached hydrogens (tertiary/aromatic N) is 1. The molecule has 2 heterocycles. The van der Waals surface area contributed by atoms with Gasteiger partial charge in [0.25, 0.3) is 5.91 Å². The summed E-state index contributed by atoms with van der Waals surface area (Å²) in [6, 6.07) is 7.42. The molecule has 0 unspecified atom stereocenters. The summed E-state index contributed by atoms with van der Waals surface area (Å²) in [5.74, 6) is 1.01. The van der Waals surface area contributed by atoms with Crippen LogP contribution < -0.4 is 9.47 Å². The summed E-state index contributed by atoms with van der Waals surface area (Å²) in [6.07, 6.45) is 1.27. The number of benzene rings is 1. The molecule has 2 aliphatic heterocycles. The largest absolute Gasteiger partial charge is 0.486 e. The van der Waals surface area contributed by atoms with Gasteiger partial charge in [-0.25, -0.2) is 0 Å². The van der Waals surface area contributed by atoms with Crippen LogP contribution in [0.1, 0.15) is 20.3 Å². The molecule has 6 heteroatoms. The van der Waals surface area contributed by atoms with Crippen LogP contribution in [0, 0.1) is 0 Å². The zero-order valence-electron chi connectivity index (χ0n) is 14.1. The van der Waals surface area contributed by atoms with Crippen molar-refractivity contribution in [3.05, 3.63) is 36.1 Å². The maximum atomic E-state index is 12.5. The zero-order valence-corrected chi connectivity index (χ0v) is 14.1. The lowest BCUT2D eigenvalue weighted by Gasteiger charge is -2.33. The molecule has 1 aromatic carbocycles. The number of hydrogen-bond donors (Lipinski definition) is 0. The summed E-state index contributed by atoms with van der Waals surface area (Å²) >= 11 is 0. The number of allylic oxidation sites excluding steroid dienone is 1. The average molecular weight is 331 g/mol. The summed E-state index contributed by atoms with van der Waals surface area (Å²) in [4.78, 5) is 25.8. The lowest BCUT2D eigenvalue weighted by atomic mass is 9.98. The average Bonchev–Trinajstić information content (AvgIpc) is 2.52. The first-order valence-corrected chi connectivity index (χ1v) is 7.91. The highest BCUT2D eigenvalue weighted by Crippen LogP contribution is 2.31. The third kappa shape index (κ3) is 3.53. The van der Waals surface area contributed by atoms with Crippen LogP contribution in [0.25, 0.3) is 0 Å². The van der Waals surface area contributed by atoms with Gasteiger partial charge < -0.3 is 19.1 Å². The summed E-state index contributed by atoms with van der Waals surface area (Å²) in [5, 5.41) is 0. The third-order valence-electron chi connectivity index (χ3n) is 3.88. The SMILES string of the molecule is CN(C[C@H]1COc2ccccc2O1)C(=O)C1=CC(=O)CC(C)(C)O1. The van der Waals surface area contributed by atoms with Crippen LogP contribution in [0.5, 0.6) is 11.5 Å². The second-order valence-electron chi connectivity index (χ2n) is 6.70. The van der Waals surface area contributed by atoms with Crippen molar-refractivity contribution < 1.29 is 23.8 Å². The van der Waals surface area contributed by atoms with E-state index in [0.29, 0.717) is 24.7 Å². The molecule has 0 saturated carbocycles. The highest BCUT2D eigenvalue weighted by Gasteiger charge is 2.34. The van der Waals surface area contributed by atoms with Gasteiger partial charge in [-0.05, 0) is 26.0 Å². The van der Waals surface area contributed by atoms with E-state index >= 15 is 0 Å². The number of carbonyl (C=O) groups excluding carboxylic acids is 2. The van der Waals surface area contributed by atoms with Gasteiger partial charge in [-0.2, -0.15) is 0 Å². The molecule has 0 bridgehead atoms. The van der Waals surface area contributed by atoms with Gasteiger partial charge in [0.2, 0.25) is 0 Å². The van der Waals surface area contributed by atoms with Crippen LogP contribution in [0.2, 0.25) is 0 Å². The quantitative estimate of drug-likeness (QED) is 0.847. The normalized spacial score (nSPS) is 21.5. The highest BCUT2D eigenvalue weighted by molar-refractivity contribution is 6.01. The van der Waals surface area contributed by atoms with Gasteiger partial charge in [0, 0.05) is 19.5 Å². The van der Waals surface area contributed by atoms with E-state index in [2.05, 4.69) is 0 Å². The summed E-state index contributed by atoms with van der Waals surface area (Å²) in [5.41, 5.74) is -0.666. The van der Waals surface area contributed by atoms with Crippen LogP contribution in [0.15, 0.2) is 36.1 Å². The number of hydrogen-bond acceptors (Lipinski definition) is 5. The zero-order chi connectivity index (χ0) is 17.3. The van der Waals surface area contributed by atoms with E-state index in [-0.39, 0.29) is 30.0 Å². The molecule has 0 spiro atoms. The standard InChI is InChI=1S/C18H21NO5/c1-18(2)9-12(20)8-16(24-18)17(21)19(3)10-13-11-22-14-6-4-5-7-15(14)23-13/h4-8,13H,9-11H2,1-3H3/t13-/m0/s1.